The van der Waals surface area contributed by atoms with Crippen molar-refractivity contribution in [2.24, 2.45) is 5.41 Å². The normalized spacial score (nSPS) is 17.3. The van der Waals surface area contributed by atoms with E-state index in [1.165, 1.54) is 30.2 Å². The van der Waals surface area contributed by atoms with Crippen LogP contribution >= 0.6 is 0 Å². The van der Waals surface area contributed by atoms with Crippen molar-refractivity contribution in [1.29, 1.82) is 0 Å². The van der Waals surface area contributed by atoms with Gasteiger partial charge in [0, 0.05) is 63.5 Å². The van der Waals surface area contributed by atoms with Gasteiger partial charge in [-0.1, -0.05) is 12.1 Å². The lowest BCUT2D eigenvalue weighted by atomic mass is 9.72. The molecule has 2 fully saturated rings. The number of piperidine rings is 1. The summed E-state index contributed by atoms with van der Waals surface area (Å²) in [6, 6.07) is 7.35. The zero-order chi connectivity index (χ0) is 34.6. The average Bonchev–Trinajstić information content (AvgIpc) is 3.28. The summed E-state index contributed by atoms with van der Waals surface area (Å²) >= 11 is 0. The molecule has 15 heteroatoms. The predicted molar refractivity (Wildman–Crippen MR) is 167 cm³/mol. The van der Waals surface area contributed by atoms with E-state index in [9.17, 15) is 22.8 Å². The van der Waals surface area contributed by atoms with Gasteiger partial charge < -0.3 is 34.2 Å². The first-order valence-electron chi connectivity index (χ1n) is 15.4. The van der Waals surface area contributed by atoms with Crippen LogP contribution in [0.3, 0.4) is 0 Å². The zero-order valence-electron chi connectivity index (χ0n) is 27.2. The molecule has 0 atom stereocenters. The van der Waals surface area contributed by atoms with Crippen LogP contribution in [0.5, 0.6) is 17.4 Å². The summed E-state index contributed by atoms with van der Waals surface area (Å²) in [7, 11) is 2.97. The molecule has 0 radical (unpaired) electrons. The molecule has 1 aromatic heterocycles. The summed E-state index contributed by atoms with van der Waals surface area (Å²) in [6.45, 7) is 8.05. The number of hydrogen-bond acceptors (Lipinski definition) is 9. The van der Waals surface area contributed by atoms with Gasteiger partial charge in [0.15, 0.2) is 0 Å². The fourth-order valence-corrected chi connectivity index (χ4v) is 6.27. The summed E-state index contributed by atoms with van der Waals surface area (Å²) in [5.74, 6) is -1.96. The lowest BCUT2D eigenvalue weighted by Crippen LogP contribution is -2.61. The van der Waals surface area contributed by atoms with E-state index in [0.717, 1.165) is 12.8 Å². The van der Waals surface area contributed by atoms with E-state index in [0.29, 0.717) is 50.2 Å². The topological polar surface area (TPSA) is 109 Å². The number of ether oxygens (including phenoxy) is 3. The van der Waals surface area contributed by atoms with Gasteiger partial charge in [0.1, 0.15) is 28.5 Å². The molecule has 3 aliphatic heterocycles. The highest BCUT2D eigenvalue weighted by Gasteiger charge is 2.47. The third-order valence-corrected chi connectivity index (χ3v) is 8.73. The molecule has 0 unspecified atom stereocenters. The van der Waals surface area contributed by atoms with E-state index >= 15 is 4.39 Å². The number of halogens is 4. The molecule has 256 valence electrons. The zero-order valence-corrected chi connectivity index (χ0v) is 27.2. The second-order valence-electron chi connectivity index (χ2n) is 13.4. The lowest BCUT2D eigenvalue weighted by Gasteiger charge is -2.55. The molecule has 48 heavy (non-hydrogen) atoms. The number of anilines is 3. The summed E-state index contributed by atoms with van der Waals surface area (Å²) in [5, 5.41) is 2.75. The van der Waals surface area contributed by atoms with Crippen LogP contribution in [-0.4, -0.2) is 77.7 Å². The number of methoxy groups -OCH3 is 1. The molecular formula is C33H36F4N6O5. The molecule has 1 N–H and O–H groups in total. The molecule has 0 aliphatic carbocycles. The van der Waals surface area contributed by atoms with Crippen molar-refractivity contribution in [3.05, 3.63) is 59.0 Å². The number of carbonyl (C=O) groups is 2. The van der Waals surface area contributed by atoms with Crippen molar-refractivity contribution in [2.75, 3.05) is 50.6 Å². The number of benzene rings is 2. The quantitative estimate of drug-likeness (QED) is 0.290. The Morgan fingerprint density at radius 1 is 1.06 bits per heavy atom. The van der Waals surface area contributed by atoms with Gasteiger partial charge in [-0.25, -0.2) is 14.2 Å². The van der Waals surface area contributed by atoms with E-state index in [4.69, 9.17) is 14.2 Å². The Labute approximate surface area is 274 Å². The summed E-state index contributed by atoms with van der Waals surface area (Å²) in [6.07, 6.45) is -3.12. The maximum Gasteiger partial charge on any atom is 0.423 e. The highest BCUT2D eigenvalue weighted by molar-refractivity contribution is 6.00. The lowest BCUT2D eigenvalue weighted by molar-refractivity contribution is -0.139. The van der Waals surface area contributed by atoms with Crippen LogP contribution in [0.15, 0.2) is 36.5 Å². The minimum absolute atomic E-state index is 0.0571. The minimum Gasteiger partial charge on any atom is -0.494 e. The Hall–Kier alpha value is -4.82. The molecule has 2 saturated heterocycles. The second kappa shape index (κ2) is 12.0. The van der Waals surface area contributed by atoms with Crippen molar-refractivity contribution in [3.8, 4) is 17.4 Å². The van der Waals surface area contributed by atoms with Crippen molar-refractivity contribution >= 4 is 29.3 Å². The van der Waals surface area contributed by atoms with Crippen LogP contribution in [0.1, 0.15) is 55.1 Å². The van der Waals surface area contributed by atoms with E-state index < -0.39 is 29.0 Å². The molecule has 1 spiro atoms. The Kier molecular flexibility index (Phi) is 8.28. The molecule has 3 aliphatic rings. The first-order chi connectivity index (χ1) is 22.6. The third-order valence-electron chi connectivity index (χ3n) is 8.73. The molecule has 4 heterocycles. The van der Waals surface area contributed by atoms with Crippen LogP contribution in [0.25, 0.3) is 0 Å². The molecule has 0 saturated carbocycles. The standard InChI is InChI=1S/C33H36F4N6O5/c1-31(2,3)48-30(45)42-11-9-32(10-12-42)17-43(18-32)23-14-25(46-5)22(13-21(23)34)39-29-38-15-20(33(35,36)37)27(40-29)47-24-8-6-7-19-16-41(4)28(44)26(19)24/h6-8,13-15H,9-12,16-18H2,1-5H3,(H,38,39,40). The molecule has 2 amide bonds. The number of hydrogen-bond donors (Lipinski definition) is 1. The van der Waals surface area contributed by atoms with E-state index in [1.807, 2.05) is 25.7 Å². The maximum atomic E-state index is 15.5. The van der Waals surface area contributed by atoms with Gasteiger partial charge in [-0.05, 0) is 45.2 Å². The van der Waals surface area contributed by atoms with E-state index in [1.54, 1.807) is 24.1 Å². The van der Waals surface area contributed by atoms with Crippen molar-refractivity contribution in [2.45, 2.75) is 51.9 Å². The molecule has 3 aromatic rings. The van der Waals surface area contributed by atoms with Crippen LogP contribution in [0.2, 0.25) is 0 Å². The van der Waals surface area contributed by atoms with E-state index in [2.05, 4.69) is 15.3 Å². The first kappa shape index (κ1) is 33.1. The molecule has 6 rings (SSSR count). The van der Waals surface area contributed by atoms with Gasteiger partial charge >= 0.3 is 12.3 Å². The number of nitrogens with zero attached hydrogens (tertiary/aromatic N) is 5. The van der Waals surface area contributed by atoms with E-state index in [-0.39, 0.29) is 46.1 Å². The monoisotopic (exact) mass is 672 g/mol. The number of aromatic nitrogens is 2. The molecule has 0 bridgehead atoms. The number of carbonyl (C=O) groups excluding carboxylic acids is 2. The Bertz CT molecular complexity index is 1750. The summed E-state index contributed by atoms with van der Waals surface area (Å²) in [5.41, 5.74) is -0.722. The SMILES string of the molecule is COc1cc(N2CC3(CCN(C(=O)OC(C)(C)C)CC3)C2)c(F)cc1Nc1ncc(C(F)(F)F)c(Oc2cccc3c2C(=O)N(C)C3)n1. The van der Waals surface area contributed by atoms with Crippen LogP contribution in [0, 0.1) is 11.2 Å². The van der Waals surface area contributed by atoms with Gasteiger partial charge in [-0.15, -0.1) is 0 Å². The number of alkyl halides is 3. The summed E-state index contributed by atoms with van der Waals surface area (Å²) < 4.78 is 74.0. The smallest absolute Gasteiger partial charge is 0.423 e. The highest BCUT2D eigenvalue weighted by Crippen LogP contribution is 2.46. The molecule has 2 aromatic carbocycles. The van der Waals surface area contributed by atoms with Gasteiger partial charge in [0.2, 0.25) is 11.8 Å². The van der Waals surface area contributed by atoms with Gasteiger partial charge in [-0.3, -0.25) is 4.79 Å². The number of nitrogens with one attached hydrogen (secondary N) is 1. The van der Waals surface area contributed by atoms with Gasteiger partial charge in [-0.2, -0.15) is 18.2 Å². The van der Waals surface area contributed by atoms with Crippen LogP contribution in [-0.2, 0) is 17.5 Å². The van der Waals surface area contributed by atoms with Crippen molar-refractivity contribution < 1.29 is 41.4 Å². The highest BCUT2D eigenvalue weighted by atomic mass is 19.4. The van der Waals surface area contributed by atoms with Gasteiger partial charge in [0.25, 0.3) is 5.91 Å². The van der Waals surface area contributed by atoms with Crippen molar-refractivity contribution in [3.63, 3.8) is 0 Å². The largest absolute Gasteiger partial charge is 0.494 e. The minimum atomic E-state index is -4.86. The van der Waals surface area contributed by atoms with Crippen LogP contribution < -0.4 is 19.7 Å². The maximum absolute atomic E-state index is 15.5. The fourth-order valence-electron chi connectivity index (χ4n) is 6.27. The van der Waals surface area contributed by atoms with Crippen LogP contribution in [0.4, 0.5) is 39.7 Å². The molecular weight excluding hydrogens is 636 g/mol. The predicted octanol–water partition coefficient (Wildman–Crippen LogP) is 6.60. The number of rotatable bonds is 6. The Morgan fingerprint density at radius 2 is 1.77 bits per heavy atom. The van der Waals surface area contributed by atoms with Crippen molar-refractivity contribution in [1.82, 2.24) is 19.8 Å². The Morgan fingerprint density at radius 3 is 2.42 bits per heavy atom. The van der Waals surface area contributed by atoms with Gasteiger partial charge in [0.05, 0.1) is 24.0 Å². The second-order valence-corrected chi connectivity index (χ2v) is 13.4. The molecule has 11 nitrogen and oxygen atoms in total. The number of fused-ring (bicyclic) bond motifs is 1. The number of amides is 2. The summed E-state index contributed by atoms with van der Waals surface area (Å²) in [4.78, 5) is 37.9. The average molecular weight is 673 g/mol. The third kappa shape index (κ3) is 6.49. The fraction of sp³-hybridized carbons (Fsp3) is 0.455. The number of likely N-dealkylation sites (tertiary alicyclic amines) is 1. The first-order valence-corrected chi connectivity index (χ1v) is 15.4. The Balaban J connectivity index is 1.18.